The molecule has 2 aliphatic heterocycles. The molecule has 0 N–H and O–H groups in total. The number of ether oxygens (including phenoxy) is 1. The van der Waals surface area contributed by atoms with Crippen molar-refractivity contribution in [1.29, 1.82) is 0 Å². The van der Waals surface area contributed by atoms with Gasteiger partial charge in [0.15, 0.2) is 0 Å². The molecular weight excluding hydrogens is 294 g/mol. The Morgan fingerprint density at radius 1 is 1.19 bits per heavy atom. The Kier molecular flexibility index (Phi) is 5.59. The second-order valence-electron chi connectivity index (χ2n) is 5.46. The second-order valence-corrected chi connectivity index (χ2v) is 7.72. The van der Waals surface area contributed by atoms with E-state index in [1.165, 1.54) is 4.31 Å². The van der Waals surface area contributed by atoms with Crippen LogP contribution in [-0.2, 0) is 19.6 Å². The van der Waals surface area contributed by atoms with E-state index in [0.29, 0.717) is 39.3 Å². The zero-order chi connectivity index (χ0) is 15.5. The molecule has 2 rings (SSSR count). The summed E-state index contributed by atoms with van der Waals surface area (Å²) >= 11 is 0. The van der Waals surface area contributed by atoms with E-state index in [4.69, 9.17) is 4.74 Å². The third-order valence-electron chi connectivity index (χ3n) is 4.31. The molecule has 0 radical (unpaired) electrons. The van der Waals surface area contributed by atoms with Crippen molar-refractivity contribution in [3.05, 3.63) is 0 Å². The fraction of sp³-hybridized carbons (Fsp3) is 0.923. The smallest absolute Gasteiger partial charge is 0.240 e. The van der Waals surface area contributed by atoms with Gasteiger partial charge in [0.2, 0.25) is 15.9 Å². The van der Waals surface area contributed by atoms with Crippen LogP contribution in [0.4, 0.5) is 0 Å². The Morgan fingerprint density at radius 2 is 1.86 bits per heavy atom. The van der Waals surface area contributed by atoms with Crippen LogP contribution >= 0.6 is 0 Å². The van der Waals surface area contributed by atoms with Gasteiger partial charge in [0.25, 0.3) is 0 Å². The Labute approximate surface area is 126 Å². The van der Waals surface area contributed by atoms with Crippen molar-refractivity contribution in [1.82, 2.24) is 14.1 Å². The maximum atomic E-state index is 12.3. The van der Waals surface area contributed by atoms with Crippen LogP contribution in [0.25, 0.3) is 0 Å². The molecule has 2 aliphatic rings. The second kappa shape index (κ2) is 7.04. The van der Waals surface area contributed by atoms with Gasteiger partial charge in [0, 0.05) is 46.4 Å². The van der Waals surface area contributed by atoms with E-state index in [2.05, 4.69) is 4.90 Å². The molecular formula is C13H25N3O4S. The van der Waals surface area contributed by atoms with Gasteiger partial charge in [-0.25, -0.2) is 8.42 Å². The number of nitrogens with zero attached hydrogens (tertiary/aromatic N) is 3. The molecule has 1 unspecified atom stereocenters. The van der Waals surface area contributed by atoms with Crippen LogP contribution < -0.4 is 0 Å². The van der Waals surface area contributed by atoms with Crippen LogP contribution in [0.5, 0.6) is 0 Å². The lowest BCUT2D eigenvalue weighted by atomic mass is 10.2. The molecule has 8 heteroatoms. The van der Waals surface area contributed by atoms with E-state index < -0.39 is 10.0 Å². The molecule has 1 amide bonds. The van der Waals surface area contributed by atoms with Crippen molar-refractivity contribution in [2.45, 2.75) is 19.4 Å². The van der Waals surface area contributed by atoms with Gasteiger partial charge in [-0.3, -0.25) is 9.69 Å². The van der Waals surface area contributed by atoms with Gasteiger partial charge < -0.3 is 9.64 Å². The van der Waals surface area contributed by atoms with Crippen molar-refractivity contribution < 1.29 is 17.9 Å². The molecule has 0 saturated carbocycles. The SMILES string of the molecule is CCS(=O)(=O)N1CCN(C2CCN(CCOC)C2=O)CC1. The van der Waals surface area contributed by atoms with Crippen molar-refractivity contribution in [3.63, 3.8) is 0 Å². The number of methoxy groups -OCH3 is 1. The number of likely N-dealkylation sites (tertiary alicyclic amines) is 1. The fourth-order valence-electron chi connectivity index (χ4n) is 2.96. The summed E-state index contributed by atoms with van der Waals surface area (Å²) < 4.78 is 30.2. The quantitative estimate of drug-likeness (QED) is 0.641. The summed E-state index contributed by atoms with van der Waals surface area (Å²) in [4.78, 5) is 16.3. The average molecular weight is 319 g/mol. The lowest BCUT2D eigenvalue weighted by Gasteiger charge is -2.36. The third-order valence-corrected chi connectivity index (χ3v) is 6.19. The first-order chi connectivity index (χ1) is 9.99. The Morgan fingerprint density at radius 3 is 2.43 bits per heavy atom. The van der Waals surface area contributed by atoms with E-state index >= 15 is 0 Å². The van der Waals surface area contributed by atoms with Gasteiger partial charge in [0.1, 0.15) is 0 Å². The highest BCUT2D eigenvalue weighted by Gasteiger charge is 2.38. The minimum atomic E-state index is -3.11. The molecule has 0 spiro atoms. The highest BCUT2D eigenvalue weighted by molar-refractivity contribution is 7.89. The van der Waals surface area contributed by atoms with Crippen LogP contribution in [0.1, 0.15) is 13.3 Å². The summed E-state index contributed by atoms with van der Waals surface area (Å²) in [5, 5.41) is 0. The topological polar surface area (TPSA) is 70.2 Å². The average Bonchev–Trinajstić information content (AvgIpc) is 2.86. The highest BCUT2D eigenvalue weighted by Crippen LogP contribution is 2.19. The minimum Gasteiger partial charge on any atom is -0.383 e. The predicted molar refractivity (Wildman–Crippen MR) is 79.5 cm³/mol. The first-order valence-corrected chi connectivity index (χ1v) is 9.10. The van der Waals surface area contributed by atoms with Gasteiger partial charge in [-0.1, -0.05) is 0 Å². The van der Waals surface area contributed by atoms with E-state index in [1.54, 1.807) is 14.0 Å². The van der Waals surface area contributed by atoms with Crippen LogP contribution in [-0.4, -0.2) is 93.2 Å². The number of piperazine rings is 1. The largest absolute Gasteiger partial charge is 0.383 e. The van der Waals surface area contributed by atoms with Gasteiger partial charge >= 0.3 is 0 Å². The standard InChI is InChI=1S/C13H25N3O4S/c1-3-21(18,19)16-8-6-14(7-9-16)12-4-5-15(13(12)17)10-11-20-2/h12H,3-11H2,1-2H3. The van der Waals surface area contributed by atoms with Crippen molar-refractivity contribution in [3.8, 4) is 0 Å². The number of rotatable bonds is 6. The molecule has 0 aliphatic carbocycles. The molecule has 2 saturated heterocycles. The molecule has 2 fully saturated rings. The normalized spacial score (nSPS) is 25.7. The van der Waals surface area contributed by atoms with Crippen LogP contribution in [0.3, 0.4) is 0 Å². The lowest BCUT2D eigenvalue weighted by molar-refractivity contribution is -0.133. The molecule has 0 bridgehead atoms. The minimum absolute atomic E-state index is 0.0895. The van der Waals surface area contributed by atoms with Crippen molar-refractivity contribution in [2.75, 3.05) is 58.7 Å². The number of sulfonamides is 1. The summed E-state index contributed by atoms with van der Waals surface area (Å²) in [6, 6.07) is -0.0895. The van der Waals surface area contributed by atoms with E-state index in [9.17, 15) is 13.2 Å². The summed E-state index contributed by atoms with van der Waals surface area (Å²) in [7, 11) is -1.48. The first kappa shape index (κ1) is 16.7. The van der Waals surface area contributed by atoms with Gasteiger partial charge in [-0.2, -0.15) is 4.31 Å². The third kappa shape index (κ3) is 3.74. The zero-order valence-corrected chi connectivity index (χ0v) is 13.6. The van der Waals surface area contributed by atoms with Crippen LogP contribution in [0, 0.1) is 0 Å². The molecule has 0 aromatic rings. The zero-order valence-electron chi connectivity index (χ0n) is 12.8. The molecule has 21 heavy (non-hydrogen) atoms. The molecule has 7 nitrogen and oxygen atoms in total. The molecule has 0 aromatic carbocycles. The van der Waals surface area contributed by atoms with E-state index in [-0.39, 0.29) is 17.7 Å². The summed E-state index contributed by atoms with van der Waals surface area (Å²) in [6.07, 6.45) is 0.822. The van der Waals surface area contributed by atoms with Crippen LogP contribution in [0.15, 0.2) is 0 Å². The maximum Gasteiger partial charge on any atom is 0.240 e. The Balaban J connectivity index is 1.87. The summed E-state index contributed by atoms with van der Waals surface area (Å²) in [6.45, 7) is 5.85. The Hall–Kier alpha value is -0.700. The molecule has 0 aromatic heterocycles. The first-order valence-electron chi connectivity index (χ1n) is 7.49. The monoisotopic (exact) mass is 319 g/mol. The predicted octanol–water partition coefficient (Wildman–Crippen LogP) is -0.799. The number of carbonyl (C=O) groups excluding carboxylic acids is 1. The van der Waals surface area contributed by atoms with Crippen LogP contribution in [0.2, 0.25) is 0 Å². The molecule has 122 valence electrons. The van der Waals surface area contributed by atoms with Gasteiger partial charge in [-0.05, 0) is 13.3 Å². The lowest BCUT2D eigenvalue weighted by Crippen LogP contribution is -2.54. The van der Waals surface area contributed by atoms with E-state index in [1.807, 2.05) is 4.90 Å². The number of amides is 1. The number of carbonyl (C=O) groups is 1. The fourth-order valence-corrected chi connectivity index (χ4v) is 4.05. The van der Waals surface area contributed by atoms with Crippen molar-refractivity contribution >= 4 is 15.9 Å². The van der Waals surface area contributed by atoms with Crippen molar-refractivity contribution in [2.24, 2.45) is 0 Å². The maximum absolute atomic E-state index is 12.3. The van der Waals surface area contributed by atoms with Gasteiger partial charge in [0.05, 0.1) is 18.4 Å². The summed E-state index contributed by atoms with van der Waals surface area (Å²) in [5.41, 5.74) is 0. The number of hydrogen-bond donors (Lipinski definition) is 0. The van der Waals surface area contributed by atoms with E-state index in [0.717, 1.165) is 13.0 Å². The van der Waals surface area contributed by atoms with Gasteiger partial charge in [-0.15, -0.1) is 0 Å². The molecule has 2 heterocycles. The Bertz CT molecular complexity index is 460. The highest BCUT2D eigenvalue weighted by atomic mass is 32.2. The number of hydrogen-bond acceptors (Lipinski definition) is 5. The summed E-state index contributed by atoms with van der Waals surface area (Å²) in [5.74, 6) is 0.291. The molecule has 1 atom stereocenters.